The number of nitrogens with zero attached hydrogens (tertiary/aromatic N) is 5. The van der Waals surface area contributed by atoms with Crippen molar-refractivity contribution in [3.05, 3.63) is 65.3 Å². The van der Waals surface area contributed by atoms with E-state index in [9.17, 15) is 9.90 Å². The van der Waals surface area contributed by atoms with Crippen LogP contribution in [0.25, 0.3) is 11.4 Å². The number of benzene rings is 1. The topological polar surface area (TPSA) is 108 Å². The van der Waals surface area contributed by atoms with Crippen molar-refractivity contribution >= 4 is 6.03 Å². The summed E-state index contributed by atoms with van der Waals surface area (Å²) >= 11 is 0. The Morgan fingerprint density at radius 2 is 1.94 bits per heavy atom. The summed E-state index contributed by atoms with van der Waals surface area (Å²) in [7, 11) is 2.06. The van der Waals surface area contributed by atoms with Crippen LogP contribution in [0.2, 0.25) is 0 Å². The van der Waals surface area contributed by atoms with Crippen molar-refractivity contribution in [1.82, 2.24) is 30.2 Å². The predicted octanol–water partition coefficient (Wildman–Crippen LogP) is 2.97. The highest BCUT2D eigenvalue weighted by molar-refractivity contribution is 5.76. The van der Waals surface area contributed by atoms with Gasteiger partial charge >= 0.3 is 6.03 Å². The first-order valence-corrected chi connectivity index (χ1v) is 12.0. The highest BCUT2D eigenvalue weighted by Crippen LogP contribution is 2.50. The molecule has 2 amide bonds. The lowest BCUT2D eigenvalue weighted by atomic mass is 9.62. The first-order valence-electron chi connectivity index (χ1n) is 12.0. The zero-order valence-electron chi connectivity index (χ0n) is 20.7. The third-order valence-electron chi connectivity index (χ3n) is 7.26. The Kier molecular flexibility index (Phi) is 5.85. The van der Waals surface area contributed by atoms with Gasteiger partial charge in [0.2, 0.25) is 11.7 Å². The van der Waals surface area contributed by atoms with Crippen molar-refractivity contribution in [2.45, 2.75) is 38.8 Å². The SMILES string of the molecule is CC(C)c1ccc(C(O)(c2cncc(-c3noc(CN4CCNC4=O)n3)c2)C2(C)CN(C)C2)cc1. The Labute approximate surface area is 205 Å². The molecule has 5 rings (SSSR count). The van der Waals surface area contributed by atoms with Gasteiger partial charge in [-0.2, -0.15) is 4.98 Å². The predicted molar refractivity (Wildman–Crippen MR) is 130 cm³/mol. The average molecular weight is 477 g/mol. The third kappa shape index (κ3) is 4.08. The second-order valence-electron chi connectivity index (χ2n) is 10.3. The number of urea groups is 1. The van der Waals surface area contributed by atoms with Gasteiger partial charge in [-0.05, 0) is 30.2 Å². The van der Waals surface area contributed by atoms with Crippen LogP contribution in [-0.4, -0.2) is 69.3 Å². The number of nitrogens with one attached hydrogen (secondary N) is 1. The molecule has 0 radical (unpaired) electrons. The van der Waals surface area contributed by atoms with E-state index in [-0.39, 0.29) is 12.6 Å². The zero-order valence-corrected chi connectivity index (χ0v) is 20.7. The molecule has 2 aromatic heterocycles. The summed E-state index contributed by atoms with van der Waals surface area (Å²) < 4.78 is 5.41. The van der Waals surface area contributed by atoms with Crippen LogP contribution in [0.5, 0.6) is 0 Å². The fourth-order valence-corrected chi connectivity index (χ4v) is 5.37. The number of hydrogen-bond acceptors (Lipinski definition) is 7. The number of likely N-dealkylation sites (tertiary alicyclic amines) is 1. The molecule has 184 valence electrons. The monoisotopic (exact) mass is 476 g/mol. The van der Waals surface area contributed by atoms with Gasteiger partial charge in [-0.25, -0.2) is 4.79 Å². The van der Waals surface area contributed by atoms with Crippen LogP contribution in [0.3, 0.4) is 0 Å². The number of rotatable bonds is 7. The van der Waals surface area contributed by atoms with Crippen molar-refractivity contribution in [3.63, 3.8) is 0 Å². The lowest BCUT2D eigenvalue weighted by Gasteiger charge is -2.55. The van der Waals surface area contributed by atoms with Crippen molar-refractivity contribution in [1.29, 1.82) is 0 Å². The molecule has 0 bridgehead atoms. The van der Waals surface area contributed by atoms with Gasteiger partial charge in [-0.15, -0.1) is 0 Å². The zero-order chi connectivity index (χ0) is 24.8. The van der Waals surface area contributed by atoms with Crippen molar-refractivity contribution in [3.8, 4) is 11.4 Å². The Hall–Kier alpha value is -3.30. The second-order valence-corrected chi connectivity index (χ2v) is 10.3. The molecule has 4 heterocycles. The van der Waals surface area contributed by atoms with E-state index in [4.69, 9.17) is 4.52 Å². The Bertz CT molecular complexity index is 1220. The number of carbonyl (C=O) groups excluding carboxylic acids is 1. The third-order valence-corrected chi connectivity index (χ3v) is 7.26. The molecule has 1 unspecified atom stereocenters. The Balaban J connectivity index is 1.50. The molecule has 2 aliphatic heterocycles. The average Bonchev–Trinajstić information content (AvgIpc) is 3.47. The maximum absolute atomic E-state index is 12.4. The van der Waals surface area contributed by atoms with Crippen molar-refractivity contribution in [2.24, 2.45) is 5.41 Å². The van der Waals surface area contributed by atoms with E-state index in [1.165, 1.54) is 5.56 Å². The minimum absolute atomic E-state index is 0.138. The van der Waals surface area contributed by atoms with E-state index < -0.39 is 11.0 Å². The van der Waals surface area contributed by atoms with Crippen LogP contribution in [0.15, 0.2) is 47.2 Å². The van der Waals surface area contributed by atoms with Crippen LogP contribution in [-0.2, 0) is 12.1 Å². The fraction of sp³-hybridized carbons (Fsp3) is 0.462. The summed E-state index contributed by atoms with van der Waals surface area (Å²) in [6, 6.07) is 9.99. The summed E-state index contributed by atoms with van der Waals surface area (Å²) in [4.78, 5) is 24.6. The molecule has 1 aromatic carbocycles. The van der Waals surface area contributed by atoms with Gasteiger partial charge in [0.05, 0.1) is 0 Å². The molecule has 1 atom stereocenters. The van der Waals surface area contributed by atoms with Gasteiger partial charge in [0.15, 0.2) is 0 Å². The summed E-state index contributed by atoms with van der Waals surface area (Å²) in [6.45, 7) is 9.40. The maximum Gasteiger partial charge on any atom is 0.317 e. The standard InChI is InChI=1S/C26H32N6O3/c1-17(2)18-5-7-20(8-6-18)26(34,25(3)15-31(4)16-25)21-11-19(12-27-13-21)23-29-22(35-30-23)14-32-10-9-28-24(32)33/h5-8,11-13,17,34H,9-10,14-16H2,1-4H3,(H,28,33). The largest absolute Gasteiger partial charge is 0.380 e. The summed E-state index contributed by atoms with van der Waals surface area (Å²) in [5, 5.41) is 19.3. The summed E-state index contributed by atoms with van der Waals surface area (Å²) in [6.07, 6.45) is 3.39. The number of carbonyl (C=O) groups is 1. The molecule has 2 fully saturated rings. The minimum atomic E-state index is -1.25. The second kappa shape index (κ2) is 8.73. The highest BCUT2D eigenvalue weighted by atomic mass is 16.5. The Morgan fingerprint density at radius 3 is 2.57 bits per heavy atom. The Morgan fingerprint density at radius 1 is 1.20 bits per heavy atom. The lowest BCUT2D eigenvalue weighted by Crippen LogP contribution is -2.63. The summed E-state index contributed by atoms with van der Waals surface area (Å²) in [5.74, 6) is 1.14. The van der Waals surface area contributed by atoms with Crippen LogP contribution >= 0.6 is 0 Å². The van der Waals surface area contributed by atoms with Gasteiger partial charge in [0, 0.05) is 55.1 Å². The molecule has 35 heavy (non-hydrogen) atoms. The molecule has 2 N–H and O–H groups in total. The molecule has 0 spiro atoms. The quantitative estimate of drug-likeness (QED) is 0.540. The van der Waals surface area contributed by atoms with E-state index in [0.717, 1.165) is 18.7 Å². The molecule has 9 heteroatoms. The molecule has 3 aromatic rings. The molecule has 0 aliphatic carbocycles. The van der Waals surface area contributed by atoms with E-state index >= 15 is 0 Å². The molecule has 2 aliphatic rings. The lowest BCUT2D eigenvalue weighted by molar-refractivity contribution is -0.127. The first-order chi connectivity index (χ1) is 16.7. The van der Waals surface area contributed by atoms with Gasteiger partial charge in [0.1, 0.15) is 12.1 Å². The maximum atomic E-state index is 12.4. The fourth-order valence-electron chi connectivity index (χ4n) is 5.37. The van der Waals surface area contributed by atoms with Gasteiger partial charge in [-0.3, -0.25) is 4.98 Å². The first kappa shape index (κ1) is 23.4. The van der Waals surface area contributed by atoms with Gasteiger partial charge in [0.25, 0.3) is 0 Å². The number of hydrogen-bond donors (Lipinski definition) is 2. The molecule has 0 saturated carbocycles. The molecule has 2 saturated heterocycles. The van der Waals surface area contributed by atoms with Gasteiger partial charge < -0.3 is 24.7 Å². The van der Waals surface area contributed by atoms with Crippen LogP contribution in [0, 0.1) is 5.41 Å². The van der Waals surface area contributed by atoms with E-state index in [2.05, 4.69) is 65.3 Å². The van der Waals surface area contributed by atoms with Crippen LogP contribution in [0.1, 0.15) is 49.3 Å². The van der Waals surface area contributed by atoms with Crippen LogP contribution in [0.4, 0.5) is 4.79 Å². The van der Waals surface area contributed by atoms with Gasteiger partial charge in [-0.1, -0.05) is 50.2 Å². The highest BCUT2D eigenvalue weighted by Gasteiger charge is 2.55. The minimum Gasteiger partial charge on any atom is -0.380 e. The number of aromatic nitrogens is 3. The molecular weight excluding hydrogens is 444 g/mol. The van der Waals surface area contributed by atoms with Crippen LogP contribution < -0.4 is 5.32 Å². The van der Waals surface area contributed by atoms with E-state index in [1.54, 1.807) is 17.3 Å². The molecule has 9 nitrogen and oxygen atoms in total. The van der Waals surface area contributed by atoms with E-state index in [1.807, 2.05) is 18.2 Å². The number of pyridine rings is 1. The van der Waals surface area contributed by atoms with Crippen molar-refractivity contribution in [2.75, 3.05) is 33.2 Å². The number of aliphatic hydroxyl groups is 1. The number of amides is 2. The molecular formula is C26H32N6O3. The van der Waals surface area contributed by atoms with E-state index in [0.29, 0.717) is 41.8 Å². The smallest absolute Gasteiger partial charge is 0.317 e. The summed E-state index contributed by atoms with van der Waals surface area (Å²) in [5.41, 5.74) is 1.76. The van der Waals surface area contributed by atoms with Crippen molar-refractivity contribution < 1.29 is 14.4 Å². The normalized spacial score (nSPS) is 19.5.